The summed E-state index contributed by atoms with van der Waals surface area (Å²) in [6.45, 7) is 7.15. The fraction of sp³-hybridized carbons (Fsp3) is 0.231. The van der Waals surface area contributed by atoms with E-state index in [-0.39, 0.29) is 19.0 Å². The predicted molar refractivity (Wildman–Crippen MR) is 63.3 cm³/mol. The van der Waals surface area contributed by atoms with E-state index >= 15 is 0 Å². The molecule has 1 rings (SSSR count). The molecule has 1 heterocycles. The van der Waals surface area contributed by atoms with Crippen LogP contribution in [0, 0.1) is 7.43 Å². The minimum absolute atomic E-state index is 0. The highest BCUT2D eigenvalue weighted by molar-refractivity contribution is 5.97. The number of ketones is 2. The van der Waals surface area contributed by atoms with Crippen molar-refractivity contribution < 1.29 is 14.2 Å². The summed E-state index contributed by atoms with van der Waals surface area (Å²) in [5, 5.41) is 0. The maximum absolute atomic E-state index is 11.3. The Morgan fingerprint density at radius 1 is 1.38 bits per heavy atom. The van der Waals surface area contributed by atoms with E-state index in [1.54, 1.807) is 29.0 Å². The van der Waals surface area contributed by atoms with Crippen molar-refractivity contribution in [2.24, 2.45) is 0 Å². The molecule has 0 radical (unpaired) electrons. The zero-order valence-electron chi connectivity index (χ0n) is 9.99. The van der Waals surface area contributed by atoms with Crippen molar-refractivity contribution in [3.63, 3.8) is 0 Å². The Hall–Kier alpha value is -1.77. The Bertz CT molecular complexity index is 422. The molecule has 0 saturated carbocycles. The number of Topliss-reactive ketones (excluding diaryl/α,β-unsaturated/α-hetero) is 2. The molecule has 0 fully saturated rings. The summed E-state index contributed by atoms with van der Waals surface area (Å²) in [4.78, 5) is 22.5. The van der Waals surface area contributed by atoms with Crippen LogP contribution in [0.3, 0.4) is 0 Å². The lowest BCUT2D eigenvalue weighted by atomic mass is 10.1. The molecule has 0 N–H and O–H groups in total. The quantitative estimate of drug-likeness (QED) is 0.336. The molecule has 3 heteroatoms. The number of rotatable bonds is 4. The van der Waals surface area contributed by atoms with Crippen molar-refractivity contribution in [3.8, 4) is 0 Å². The van der Waals surface area contributed by atoms with Crippen molar-refractivity contribution in [1.82, 2.24) is 0 Å². The lowest BCUT2D eigenvalue weighted by Gasteiger charge is -2.00. The third kappa shape index (κ3) is 3.12. The third-order valence-corrected chi connectivity index (χ3v) is 2.13. The standard InChI is InChI=1S/C12H14NO2.CH3/c1-4-6-13-7-5-11(9(2)14)8-12(13)10(3)15;/h4-5,7-8H,1,6H2,2-3H3;1H3/q+1;-1. The number of carbonyl (C=O) groups is 2. The average Bonchev–Trinajstić information content (AvgIpc) is 2.18. The number of nitrogens with zero attached hydrogens (tertiary/aromatic N) is 1. The van der Waals surface area contributed by atoms with Crippen LogP contribution in [0.2, 0.25) is 0 Å². The van der Waals surface area contributed by atoms with E-state index < -0.39 is 0 Å². The van der Waals surface area contributed by atoms with Crippen LogP contribution < -0.4 is 4.57 Å². The van der Waals surface area contributed by atoms with Crippen LogP contribution in [0.5, 0.6) is 0 Å². The van der Waals surface area contributed by atoms with Crippen molar-refractivity contribution in [1.29, 1.82) is 0 Å². The smallest absolute Gasteiger partial charge is 0.249 e. The first-order valence-electron chi connectivity index (χ1n) is 4.72. The van der Waals surface area contributed by atoms with Crippen LogP contribution in [-0.4, -0.2) is 11.6 Å². The van der Waals surface area contributed by atoms with E-state index in [9.17, 15) is 9.59 Å². The highest BCUT2D eigenvalue weighted by atomic mass is 16.1. The van der Waals surface area contributed by atoms with Crippen molar-refractivity contribution in [2.75, 3.05) is 0 Å². The summed E-state index contributed by atoms with van der Waals surface area (Å²) in [6, 6.07) is 3.33. The summed E-state index contributed by atoms with van der Waals surface area (Å²) in [7, 11) is 0. The Morgan fingerprint density at radius 2 is 2.00 bits per heavy atom. The maximum atomic E-state index is 11.3. The fourth-order valence-electron chi connectivity index (χ4n) is 1.35. The minimum atomic E-state index is -0.0556. The molecule has 0 bridgehead atoms. The number of aromatic nitrogens is 1. The van der Waals surface area contributed by atoms with Gasteiger partial charge in [0.25, 0.3) is 0 Å². The number of allylic oxidation sites excluding steroid dienone is 1. The molecule has 86 valence electrons. The zero-order chi connectivity index (χ0) is 11.4. The van der Waals surface area contributed by atoms with Crippen LogP contribution in [0.1, 0.15) is 34.7 Å². The van der Waals surface area contributed by atoms with Gasteiger partial charge in [-0.3, -0.25) is 9.59 Å². The van der Waals surface area contributed by atoms with E-state index in [1.807, 2.05) is 0 Å². The van der Waals surface area contributed by atoms with Crippen molar-refractivity contribution >= 4 is 11.6 Å². The highest BCUT2D eigenvalue weighted by Gasteiger charge is 2.16. The van der Waals surface area contributed by atoms with Gasteiger partial charge < -0.3 is 7.43 Å². The Balaban J connectivity index is 0.00000225. The zero-order valence-corrected chi connectivity index (χ0v) is 9.99. The molecule has 0 aromatic carbocycles. The van der Waals surface area contributed by atoms with Crippen molar-refractivity contribution in [2.45, 2.75) is 20.4 Å². The molecule has 3 nitrogen and oxygen atoms in total. The van der Waals surface area contributed by atoms with E-state index in [2.05, 4.69) is 6.58 Å². The van der Waals surface area contributed by atoms with Crippen LogP contribution in [0.25, 0.3) is 0 Å². The molecule has 16 heavy (non-hydrogen) atoms. The first-order valence-corrected chi connectivity index (χ1v) is 4.72. The maximum Gasteiger partial charge on any atom is 0.249 e. The number of pyridine rings is 1. The van der Waals surface area contributed by atoms with Gasteiger partial charge in [-0.05, 0) is 13.0 Å². The first-order chi connectivity index (χ1) is 7.06. The van der Waals surface area contributed by atoms with Gasteiger partial charge in [0.2, 0.25) is 11.5 Å². The van der Waals surface area contributed by atoms with E-state index in [4.69, 9.17) is 0 Å². The van der Waals surface area contributed by atoms with Gasteiger partial charge in [-0.1, -0.05) is 6.58 Å². The Labute approximate surface area is 96.4 Å². The molecule has 0 aliphatic rings. The minimum Gasteiger partial charge on any atom is -0.358 e. The molecule has 0 spiro atoms. The second-order valence-corrected chi connectivity index (χ2v) is 3.35. The molecule has 1 aromatic rings. The van der Waals surface area contributed by atoms with Gasteiger partial charge in [0.1, 0.15) is 0 Å². The highest BCUT2D eigenvalue weighted by Crippen LogP contribution is 2.02. The van der Waals surface area contributed by atoms with Gasteiger partial charge in [0.15, 0.2) is 18.5 Å². The van der Waals surface area contributed by atoms with E-state index in [1.165, 1.54) is 13.8 Å². The first kappa shape index (κ1) is 14.2. The second-order valence-electron chi connectivity index (χ2n) is 3.35. The van der Waals surface area contributed by atoms with Gasteiger partial charge in [-0.15, -0.1) is 0 Å². The van der Waals surface area contributed by atoms with E-state index in [0.29, 0.717) is 17.8 Å². The molecular weight excluding hydrogens is 202 g/mol. The van der Waals surface area contributed by atoms with Gasteiger partial charge in [0, 0.05) is 24.6 Å². The number of carbonyl (C=O) groups excluding carboxylic acids is 2. The van der Waals surface area contributed by atoms with Crippen LogP contribution in [0.4, 0.5) is 0 Å². The van der Waals surface area contributed by atoms with Gasteiger partial charge >= 0.3 is 0 Å². The molecule has 0 saturated heterocycles. The molecule has 0 aliphatic carbocycles. The third-order valence-electron chi connectivity index (χ3n) is 2.13. The fourth-order valence-corrected chi connectivity index (χ4v) is 1.35. The normalized spacial score (nSPS) is 9.12. The molecule has 1 aromatic heterocycles. The summed E-state index contributed by atoms with van der Waals surface area (Å²) in [5.74, 6) is -0.0943. The van der Waals surface area contributed by atoms with Crippen LogP contribution >= 0.6 is 0 Å². The monoisotopic (exact) mass is 219 g/mol. The summed E-state index contributed by atoms with van der Waals surface area (Å²) >= 11 is 0. The molecular formula is C13H17NO2. The van der Waals surface area contributed by atoms with Gasteiger partial charge in [-0.2, -0.15) is 4.57 Å². The van der Waals surface area contributed by atoms with Crippen LogP contribution in [0.15, 0.2) is 31.0 Å². The largest absolute Gasteiger partial charge is 0.358 e. The average molecular weight is 219 g/mol. The summed E-state index contributed by atoms with van der Waals surface area (Å²) in [5.41, 5.74) is 1.09. The number of hydrogen-bond acceptors (Lipinski definition) is 2. The lowest BCUT2D eigenvalue weighted by Crippen LogP contribution is -2.39. The predicted octanol–water partition coefficient (Wildman–Crippen LogP) is 2.02. The second kappa shape index (κ2) is 5.95. The summed E-state index contributed by atoms with van der Waals surface area (Å²) in [6.07, 6.45) is 3.44. The van der Waals surface area contributed by atoms with E-state index in [0.717, 1.165) is 0 Å². The molecule has 0 aliphatic heterocycles. The lowest BCUT2D eigenvalue weighted by molar-refractivity contribution is -0.688. The SMILES string of the molecule is C=CC[n+]1ccc(C(C)=O)cc1C(C)=O.[CH3-]. The number of hydrogen-bond donors (Lipinski definition) is 0. The Kier molecular flexibility index (Phi) is 5.30. The summed E-state index contributed by atoms with van der Waals surface area (Å²) < 4.78 is 1.77. The topological polar surface area (TPSA) is 38.0 Å². The van der Waals surface area contributed by atoms with Gasteiger partial charge in [0.05, 0.1) is 0 Å². The van der Waals surface area contributed by atoms with Gasteiger partial charge in [-0.25, -0.2) is 0 Å². The molecule has 0 atom stereocenters. The molecule has 0 amide bonds. The van der Waals surface area contributed by atoms with Crippen LogP contribution in [-0.2, 0) is 6.54 Å². The van der Waals surface area contributed by atoms with Crippen molar-refractivity contribution in [3.05, 3.63) is 49.7 Å². The Morgan fingerprint density at radius 3 is 2.44 bits per heavy atom. The molecule has 0 unspecified atom stereocenters.